The number of carbonyl (C=O) groups is 1. The van der Waals surface area contributed by atoms with Gasteiger partial charge < -0.3 is 15.0 Å². The van der Waals surface area contributed by atoms with E-state index in [-0.39, 0.29) is 5.91 Å². The molecule has 3 rings (SSSR count). The number of nitrogens with zero attached hydrogens (tertiary/aromatic N) is 2. The number of likely N-dealkylation sites (N-methyl/N-ethyl adjacent to an activating group) is 1. The number of aromatic nitrogens is 2. The summed E-state index contributed by atoms with van der Waals surface area (Å²) in [5.74, 6) is 0.458. The predicted octanol–water partition coefficient (Wildman–Crippen LogP) is 2.95. The standard InChI is InChI=1S/C21H24N4O2/c1-25(2)13-14-27-20-6-4-3-5-18(20)21(26)22-15-16-7-9-17(10-8-16)19-11-12-23-24-19/h3-12H,13-15H2,1-2H3,(H,22,26)(H,23,24). The topological polar surface area (TPSA) is 70.2 Å². The van der Waals surface area contributed by atoms with Crippen LogP contribution in [0, 0.1) is 0 Å². The Kier molecular flexibility index (Phi) is 6.22. The van der Waals surface area contributed by atoms with Crippen molar-refractivity contribution in [3.05, 3.63) is 71.9 Å². The normalized spacial score (nSPS) is 10.8. The van der Waals surface area contributed by atoms with E-state index in [4.69, 9.17) is 4.74 Å². The first-order valence-electron chi connectivity index (χ1n) is 8.87. The minimum atomic E-state index is -0.145. The minimum Gasteiger partial charge on any atom is -0.491 e. The van der Waals surface area contributed by atoms with Crippen LogP contribution in [0.3, 0.4) is 0 Å². The lowest BCUT2D eigenvalue weighted by Gasteiger charge is -2.14. The van der Waals surface area contributed by atoms with Gasteiger partial charge in [-0.05, 0) is 43.4 Å². The zero-order valence-corrected chi connectivity index (χ0v) is 15.6. The summed E-state index contributed by atoms with van der Waals surface area (Å²) in [5, 5.41) is 9.85. The maximum Gasteiger partial charge on any atom is 0.255 e. The van der Waals surface area contributed by atoms with E-state index in [1.165, 1.54) is 0 Å². The van der Waals surface area contributed by atoms with Crippen molar-refractivity contribution in [3.8, 4) is 17.0 Å². The van der Waals surface area contributed by atoms with Crippen molar-refractivity contribution in [1.82, 2.24) is 20.4 Å². The van der Waals surface area contributed by atoms with E-state index in [2.05, 4.69) is 15.5 Å². The Morgan fingerprint density at radius 3 is 2.59 bits per heavy atom. The highest BCUT2D eigenvalue weighted by Gasteiger charge is 2.12. The first-order valence-corrected chi connectivity index (χ1v) is 8.87. The lowest BCUT2D eigenvalue weighted by atomic mass is 10.1. The molecule has 2 N–H and O–H groups in total. The summed E-state index contributed by atoms with van der Waals surface area (Å²) >= 11 is 0. The molecule has 0 fully saturated rings. The second-order valence-electron chi connectivity index (χ2n) is 6.50. The SMILES string of the molecule is CN(C)CCOc1ccccc1C(=O)NCc1ccc(-c2ccn[nH]2)cc1. The highest BCUT2D eigenvalue weighted by molar-refractivity contribution is 5.96. The van der Waals surface area contributed by atoms with Crippen LogP contribution in [-0.4, -0.2) is 48.3 Å². The van der Waals surface area contributed by atoms with Gasteiger partial charge in [0.05, 0.1) is 11.3 Å². The summed E-state index contributed by atoms with van der Waals surface area (Å²) < 4.78 is 5.77. The van der Waals surface area contributed by atoms with Crippen LogP contribution in [0.2, 0.25) is 0 Å². The molecule has 140 valence electrons. The molecule has 0 aliphatic heterocycles. The lowest BCUT2D eigenvalue weighted by molar-refractivity contribution is 0.0946. The number of hydrogen-bond acceptors (Lipinski definition) is 4. The molecule has 0 bridgehead atoms. The van der Waals surface area contributed by atoms with Gasteiger partial charge in [0.25, 0.3) is 5.91 Å². The van der Waals surface area contributed by atoms with Crippen molar-refractivity contribution in [3.63, 3.8) is 0 Å². The van der Waals surface area contributed by atoms with Crippen molar-refractivity contribution in [2.75, 3.05) is 27.2 Å². The third-order valence-corrected chi connectivity index (χ3v) is 4.15. The molecule has 1 amide bonds. The number of ether oxygens (including phenoxy) is 1. The van der Waals surface area contributed by atoms with Gasteiger partial charge >= 0.3 is 0 Å². The molecule has 0 atom stereocenters. The Labute approximate surface area is 159 Å². The largest absolute Gasteiger partial charge is 0.491 e. The van der Waals surface area contributed by atoms with Gasteiger partial charge in [-0.25, -0.2) is 0 Å². The third-order valence-electron chi connectivity index (χ3n) is 4.15. The second-order valence-corrected chi connectivity index (χ2v) is 6.50. The quantitative estimate of drug-likeness (QED) is 0.645. The Balaban J connectivity index is 1.59. The molecule has 0 aliphatic carbocycles. The summed E-state index contributed by atoms with van der Waals surface area (Å²) in [4.78, 5) is 14.6. The molecule has 3 aromatic rings. The summed E-state index contributed by atoms with van der Waals surface area (Å²) in [5.41, 5.74) is 3.60. The van der Waals surface area contributed by atoms with Gasteiger partial charge in [-0.3, -0.25) is 9.89 Å². The summed E-state index contributed by atoms with van der Waals surface area (Å²) in [6.07, 6.45) is 1.72. The molecule has 1 aromatic heterocycles. The molecule has 2 aromatic carbocycles. The van der Waals surface area contributed by atoms with E-state index >= 15 is 0 Å². The van der Waals surface area contributed by atoms with Gasteiger partial charge in [-0.15, -0.1) is 0 Å². The maximum absolute atomic E-state index is 12.6. The number of amides is 1. The first kappa shape index (κ1) is 18.7. The molecular formula is C21H24N4O2. The van der Waals surface area contributed by atoms with Crippen molar-refractivity contribution in [2.24, 2.45) is 0 Å². The number of benzene rings is 2. The summed E-state index contributed by atoms with van der Waals surface area (Å²) in [7, 11) is 3.97. The second kappa shape index (κ2) is 9.00. The van der Waals surface area contributed by atoms with Crippen LogP contribution < -0.4 is 10.1 Å². The molecule has 0 aliphatic rings. The third kappa shape index (κ3) is 5.18. The smallest absolute Gasteiger partial charge is 0.255 e. The molecule has 6 heteroatoms. The van der Waals surface area contributed by atoms with E-state index in [1.807, 2.05) is 67.5 Å². The number of para-hydroxylation sites is 1. The first-order chi connectivity index (χ1) is 13.1. The van der Waals surface area contributed by atoms with Crippen molar-refractivity contribution < 1.29 is 9.53 Å². The fourth-order valence-electron chi connectivity index (χ4n) is 2.61. The van der Waals surface area contributed by atoms with Gasteiger partial charge in [-0.1, -0.05) is 36.4 Å². The summed E-state index contributed by atoms with van der Waals surface area (Å²) in [6.45, 7) is 1.78. The molecule has 6 nitrogen and oxygen atoms in total. The Bertz CT molecular complexity index is 858. The zero-order chi connectivity index (χ0) is 19.1. The van der Waals surface area contributed by atoms with Crippen LogP contribution in [0.15, 0.2) is 60.8 Å². The highest BCUT2D eigenvalue weighted by Crippen LogP contribution is 2.19. The Morgan fingerprint density at radius 1 is 1.11 bits per heavy atom. The average molecular weight is 364 g/mol. The van der Waals surface area contributed by atoms with E-state index in [0.717, 1.165) is 23.4 Å². The molecular weight excluding hydrogens is 340 g/mol. The fraction of sp³-hybridized carbons (Fsp3) is 0.238. The molecule has 0 saturated heterocycles. The van der Waals surface area contributed by atoms with E-state index < -0.39 is 0 Å². The minimum absolute atomic E-state index is 0.145. The van der Waals surface area contributed by atoms with Crippen molar-refractivity contribution >= 4 is 5.91 Å². The van der Waals surface area contributed by atoms with Crippen molar-refractivity contribution in [1.29, 1.82) is 0 Å². The van der Waals surface area contributed by atoms with Crippen LogP contribution in [0.25, 0.3) is 11.3 Å². The number of carbonyl (C=O) groups excluding carboxylic acids is 1. The number of hydrogen-bond donors (Lipinski definition) is 2. The van der Waals surface area contributed by atoms with E-state index in [0.29, 0.717) is 24.5 Å². The van der Waals surface area contributed by atoms with Gasteiger partial charge in [0, 0.05) is 19.3 Å². The van der Waals surface area contributed by atoms with Gasteiger partial charge in [-0.2, -0.15) is 5.10 Å². The average Bonchev–Trinajstić information content (AvgIpc) is 3.21. The Hall–Kier alpha value is -3.12. The highest BCUT2D eigenvalue weighted by atomic mass is 16.5. The van der Waals surface area contributed by atoms with Crippen LogP contribution in [0.5, 0.6) is 5.75 Å². The molecule has 0 unspecified atom stereocenters. The van der Waals surface area contributed by atoms with Gasteiger partial charge in [0.1, 0.15) is 12.4 Å². The van der Waals surface area contributed by atoms with Crippen LogP contribution in [-0.2, 0) is 6.54 Å². The maximum atomic E-state index is 12.6. The molecule has 27 heavy (non-hydrogen) atoms. The molecule has 0 saturated carbocycles. The molecule has 0 spiro atoms. The number of rotatable bonds is 8. The van der Waals surface area contributed by atoms with Gasteiger partial charge in [0.2, 0.25) is 0 Å². The lowest BCUT2D eigenvalue weighted by Crippen LogP contribution is -2.24. The van der Waals surface area contributed by atoms with Crippen molar-refractivity contribution in [2.45, 2.75) is 6.54 Å². The van der Waals surface area contributed by atoms with Crippen LogP contribution >= 0.6 is 0 Å². The van der Waals surface area contributed by atoms with Crippen LogP contribution in [0.1, 0.15) is 15.9 Å². The number of H-pyrrole nitrogens is 1. The van der Waals surface area contributed by atoms with Crippen LogP contribution in [0.4, 0.5) is 0 Å². The monoisotopic (exact) mass is 364 g/mol. The number of aromatic amines is 1. The predicted molar refractivity (Wildman–Crippen MR) is 106 cm³/mol. The fourth-order valence-corrected chi connectivity index (χ4v) is 2.61. The zero-order valence-electron chi connectivity index (χ0n) is 15.6. The summed E-state index contributed by atoms with van der Waals surface area (Å²) in [6, 6.07) is 17.2. The molecule has 0 radical (unpaired) electrons. The van der Waals surface area contributed by atoms with Gasteiger partial charge in [0.15, 0.2) is 0 Å². The molecule has 1 heterocycles. The van der Waals surface area contributed by atoms with E-state index in [9.17, 15) is 4.79 Å². The Morgan fingerprint density at radius 2 is 1.89 bits per heavy atom. The number of nitrogens with one attached hydrogen (secondary N) is 2. The van der Waals surface area contributed by atoms with E-state index in [1.54, 1.807) is 12.3 Å².